The predicted molar refractivity (Wildman–Crippen MR) is 74.2 cm³/mol. The van der Waals surface area contributed by atoms with Gasteiger partial charge in [0.05, 0.1) is 12.6 Å². The second-order valence-corrected chi connectivity index (χ2v) is 4.62. The average Bonchev–Trinajstić information content (AvgIpc) is 2.98. The average molecular weight is 275 g/mol. The van der Waals surface area contributed by atoms with Crippen LogP contribution in [0.5, 0.6) is 11.5 Å². The molecule has 0 spiro atoms. The van der Waals surface area contributed by atoms with Gasteiger partial charge >= 0.3 is 0 Å². The van der Waals surface area contributed by atoms with Crippen molar-refractivity contribution in [3.63, 3.8) is 0 Å². The minimum Gasteiger partial charge on any atom is -0.486 e. The van der Waals surface area contributed by atoms with E-state index in [1.807, 2.05) is 30.5 Å². The van der Waals surface area contributed by atoms with Crippen LogP contribution in [0.2, 0.25) is 0 Å². The maximum Gasteiger partial charge on any atom is 0.163 e. The Morgan fingerprint density at radius 1 is 1.30 bits per heavy atom. The van der Waals surface area contributed by atoms with Crippen molar-refractivity contribution in [2.75, 3.05) is 25.1 Å². The first-order valence-corrected chi connectivity index (χ1v) is 6.60. The Labute approximate surface area is 116 Å². The number of benzene rings is 1. The molecule has 1 aromatic heterocycles. The fourth-order valence-electron chi connectivity index (χ4n) is 2.08. The van der Waals surface area contributed by atoms with Crippen molar-refractivity contribution >= 4 is 5.69 Å². The number of aromatic nitrogens is 2. The number of hydrogen-bond donors (Lipinski definition) is 2. The molecule has 2 N–H and O–H groups in total. The van der Waals surface area contributed by atoms with Crippen LogP contribution in [0, 0.1) is 0 Å². The number of ether oxygens (including phenoxy) is 2. The fraction of sp³-hybridized carbons (Fsp3) is 0.357. The van der Waals surface area contributed by atoms with Crippen molar-refractivity contribution < 1.29 is 14.6 Å². The lowest BCUT2D eigenvalue weighted by molar-refractivity contribution is 0.161. The van der Waals surface area contributed by atoms with E-state index >= 15 is 0 Å². The molecule has 0 radical (unpaired) electrons. The molecule has 2 heterocycles. The van der Waals surface area contributed by atoms with Gasteiger partial charge in [-0.1, -0.05) is 0 Å². The zero-order valence-corrected chi connectivity index (χ0v) is 11.0. The molecule has 1 aliphatic heterocycles. The highest BCUT2D eigenvalue weighted by Crippen LogP contribution is 2.32. The number of nitrogens with zero attached hydrogens (tertiary/aromatic N) is 2. The summed E-state index contributed by atoms with van der Waals surface area (Å²) in [4.78, 5) is 0. The number of hydrogen-bond acceptors (Lipinski definition) is 5. The van der Waals surface area contributed by atoms with Crippen LogP contribution in [0.15, 0.2) is 36.7 Å². The SMILES string of the molecule is OC(CNc1ccc2c(c1)OCCO2)Cn1cccn1. The zero-order valence-electron chi connectivity index (χ0n) is 11.0. The van der Waals surface area contributed by atoms with Crippen LogP contribution in [-0.2, 0) is 6.54 Å². The van der Waals surface area contributed by atoms with Crippen molar-refractivity contribution in [1.29, 1.82) is 0 Å². The van der Waals surface area contributed by atoms with Gasteiger partial charge < -0.3 is 19.9 Å². The van der Waals surface area contributed by atoms with Gasteiger partial charge in [-0.15, -0.1) is 0 Å². The Morgan fingerprint density at radius 3 is 2.95 bits per heavy atom. The van der Waals surface area contributed by atoms with Crippen molar-refractivity contribution in [3.05, 3.63) is 36.7 Å². The molecular formula is C14H17N3O3. The minimum atomic E-state index is -0.511. The van der Waals surface area contributed by atoms with E-state index in [-0.39, 0.29) is 0 Å². The van der Waals surface area contributed by atoms with Crippen molar-refractivity contribution in [3.8, 4) is 11.5 Å². The number of anilines is 1. The number of aliphatic hydroxyl groups is 1. The molecule has 6 nitrogen and oxygen atoms in total. The third-order valence-electron chi connectivity index (χ3n) is 3.04. The number of fused-ring (bicyclic) bond motifs is 1. The summed E-state index contributed by atoms with van der Waals surface area (Å²) in [5, 5.41) is 17.2. The molecule has 0 fully saturated rings. The first kappa shape index (κ1) is 12.8. The lowest BCUT2D eigenvalue weighted by Crippen LogP contribution is -2.25. The topological polar surface area (TPSA) is 68.5 Å². The highest BCUT2D eigenvalue weighted by atomic mass is 16.6. The number of nitrogens with one attached hydrogen (secondary N) is 1. The van der Waals surface area contributed by atoms with Crippen molar-refractivity contribution in [2.24, 2.45) is 0 Å². The molecular weight excluding hydrogens is 258 g/mol. The highest BCUT2D eigenvalue weighted by molar-refractivity contribution is 5.55. The molecule has 1 aromatic carbocycles. The Balaban J connectivity index is 1.55. The van der Waals surface area contributed by atoms with Crippen LogP contribution in [0.3, 0.4) is 0 Å². The second-order valence-electron chi connectivity index (χ2n) is 4.62. The molecule has 1 aliphatic rings. The van der Waals surface area contributed by atoms with Gasteiger partial charge in [-0.2, -0.15) is 5.10 Å². The van der Waals surface area contributed by atoms with E-state index in [2.05, 4.69) is 10.4 Å². The molecule has 1 atom stereocenters. The molecule has 0 bridgehead atoms. The normalized spacial score (nSPS) is 14.8. The number of rotatable bonds is 5. The van der Waals surface area contributed by atoms with Crippen LogP contribution < -0.4 is 14.8 Å². The number of aliphatic hydroxyl groups excluding tert-OH is 1. The van der Waals surface area contributed by atoms with E-state index in [0.717, 1.165) is 17.2 Å². The van der Waals surface area contributed by atoms with Crippen LogP contribution in [0.25, 0.3) is 0 Å². The molecule has 0 amide bonds. The molecule has 0 saturated carbocycles. The van der Waals surface area contributed by atoms with E-state index in [1.54, 1.807) is 10.9 Å². The molecule has 0 aliphatic carbocycles. The Hall–Kier alpha value is -2.21. The third kappa shape index (κ3) is 3.03. The summed E-state index contributed by atoms with van der Waals surface area (Å²) < 4.78 is 12.7. The summed E-state index contributed by atoms with van der Waals surface area (Å²) in [6, 6.07) is 7.50. The van der Waals surface area contributed by atoms with Gasteiger partial charge in [0.1, 0.15) is 13.2 Å². The molecule has 20 heavy (non-hydrogen) atoms. The Kier molecular flexibility index (Phi) is 3.73. The van der Waals surface area contributed by atoms with E-state index < -0.39 is 6.10 Å². The van der Waals surface area contributed by atoms with E-state index in [0.29, 0.717) is 26.3 Å². The van der Waals surface area contributed by atoms with Crippen LogP contribution in [0.1, 0.15) is 0 Å². The smallest absolute Gasteiger partial charge is 0.163 e. The van der Waals surface area contributed by atoms with Gasteiger partial charge in [-0.05, 0) is 18.2 Å². The van der Waals surface area contributed by atoms with Gasteiger partial charge in [0.25, 0.3) is 0 Å². The van der Waals surface area contributed by atoms with Crippen LogP contribution in [0.4, 0.5) is 5.69 Å². The Morgan fingerprint density at radius 2 is 2.15 bits per heavy atom. The van der Waals surface area contributed by atoms with Gasteiger partial charge in [0, 0.05) is 30.7 Å². The summed E-state index contributed by atoms with van der Waals surface area (Å²) in [6.45, 7) is 2.06. The maximum absolute atomic E-state index is 9.94. The quantitative estimate of drug-likeness (QED) is 0.856. The minimum absolute atomic E-state index is 0.444. The van der Waals surface area contributed by atoms with Gasteiger partial charge in [0.2, 0.25) is 0 Å². The van der Waals surface area contributed by atoms with Crippen LogP contribution in [-0.4, -0.2) is 40.7 Å². The molecule has 1 unspecified atom stereocenters. The summed E-state index contributed by atoms with van der Waals surface area (Å²) in [5.74, 6) is 1.50. The summed E-state index contributed by atoms with van der Waals surface area (Å²) in [6.07, 6.45) is 3.01. The predicted octanol–water partition coefficient (Wildman–Crippen LogP) is 1.13. The van der Waals surface area contributed by atoms with Crippen molar-refractivity contribution in [1.82, 2.24) is 9.78 Å². The second kappa shape index (κ2) is 5.83. The molecule has 6 heteroatoms. The van der Waals surface area contributed by atoms with Gasteiger partial charge in [0.15, 0.2) is 11.5 Å². The van der Waals surface area contributed by atoms with Gasteiger partial charge in [-0.25, -0.2) is 0 Å². The lowest BCUT2D eigenvalue weighted by Gasteiger charge is -2.19. The molecule has 0 saturated heterocycles. The Bertz CT molecular complexity index is 557. The van der Waals surface area contributed by atoms with E-state index in [4.69, 9.17) is 9.47 Å². The summed E-state index contributed by atoms with van der Waals surface area (Å²) in [5.41, 5.74) is 0.897. The molecule has 2 aromatic rings. The maximum atomic E-state index is 9.94. The molecule has 106 valence electrons. The highest BCUT2D eigenvalue weighted by Gasteiger charge is 2.12. The first-order chi connectivity index (χ1) is 9.81. The fourth-order valence-corrected chi connectivity index (χ4v) is 2.08. The first-order valence-electron chi connectivity index (χ1n) is 6.60. The van der Waals surface area contributed by atoms with Crippen LogP contribution >= 0.6 is 0 Å². The van der Waals surface area contributed by atoms with Gasteiger partial charge in [-0.3, -0.25) is 4.68 Å². The molecule has 3 rings (SSSR count). The lowest BCUT2D eigenvalue weighted by atomic mass is 10.2. The van der Waals surface area contributed by atoms with Crippen molar-refractivity contribution in [2.45, 2.75) is 12.6 Å². The monoisotopic (exact) mass is 275 g/mol. The third-order valence-corrected chi connectivity index (χ3v) is 3.04. The largest absolute Gasteiger partial charge is 0.486 e. The summed E-state index contributed by atoms with van der Waals surface area (Å²) >= 11 is 0. The zero-order chi connectivity index (χ0) is 13.8. The van der Waals surface area contributed by atoms with E-state index in [1.165, 1.54) is 0 Å². The van der Waals surface area contributed by atoms with E-state index in [9.17, 15) is 5.11 Å². The standard InChI is InChI=1S/C14H17N3O3/c18-12(10-17-5-1-4-16-17)9-15-11-2-3-13-14(8-11)20-7-6-19-13/h1-5,8,12,15,18H,6-7,9-10H2. The summed E-state index contributed by atoms with van der Waals surface area (Å²) in [7, 11) is 0.